The molecule has 0 N–H and O–H groups in total. The van der Waals surface area contributed by atoms with E-state index in [1.165, 1.54) is 39.0 Å². The summed E-state index contributed by atoms with van der Waals surface area (Å²) in [6.07, 6.45) is 28.3. The predicted octanol–water partition coefficient (Wildman–Crippen LogP) is 16.3. The summed E-state index contributed by atoms with van der Waals surface area (Å²) in [5.41, 5.74) is 22.7. The van der Waals surface area contributed by atoms with Gasteiger partial charge in [-0.2, -0.15) is 0 Å². The number of anilines is 3. The molecule has 1 spiro atoms. The largest absolute Gasteiger partial charge is 0.456 e. The molecule has 2 nitrogen and oxygen atoms in total. The number of hydrogen-bond acceptors (Lipinski definition) is 2. The third-order valence-corrected chi connectivity index (χ3v) is 14.8. The standard InChI is InChI=1S/C61H47NO/c1-3-14-40(15-4-1)41-26-31-45(32-27-41)62(47-35-37-52-51-19-9-12-25-58(51)63-59(52)39-47)46-33-28-42(29-34-46)44-30-36-50-49-18-7-10-22-54(49)61(57(50)38-44)55-23-11-8-20-53(55)60-48(21-13-24-56(60)61)43-16-5-2-6-17-43/h1-10,12,14-16,18-22,25-37,39,43-44H,11,13,17,23-24,38H2. The minimum absolute atomic E-state index is 0.171. The third-order valence-electron chi connectivity index (χ3n) is 14.8. The Labute approximate surface area is 369 Å². The van der Waals surface area contributed by atoms with E-state index >= 15 is 0 Å². The fourth-order valence-electron chi connectivity index (χ4n) is 12.1. The number of allylic oxidation sites excluding steroid dienone is 16. The van der Waals surface area contributed by atoms with Crippen LogP contribution in [-0.4, -0.2) is 0 Å². The number of furan rings is 1. The number of rotatable bonds is 6. The van der Waals surface area contributed by atoms with Crippen molar-refractivity contribution in [3.63, 3.8) is 0 Å². The molecule has 0 radical (unpaired) electrons. The molecule has 7 aromatic rings. The summed E-state index contributed by atoms with van der Waals surface area (Å²) in [4.78, 5) is 2.37. The molecule has 1 heterocycles. The Kier molecular flexibility index (Phi) is 8.38. The summed E-state index contributed by atoms with van der Waals surface area (Å²) in [5.74, 6) is 0.705. The van der Waals surface area contributed by atoms with Gasteiger partial charge in [0.2, 0.25) is 0 Å². The molecule has 1 aromatic heterocycles. The second-order valence-electron chi connectivity index (χ2n) is 18.0. The van der Waals surface area contributed by atoms with Gasteiger partial charge >= 0.3 is 0 Å². The van der Waals surface area contributed by atoms with Crippen molar-refractivity contribution in [2.24, 2.45) is 5.92 Å². The van der Waals surface area contributed by atoms with Crippen molar-refractivity contribution in [3.05, 3.63) is 250 Å². The first-order chi connectivity index (χ1) is 31.2. The Hall–Kier alpha value is -7.16. The van der Waals surface area contributed by atoms with Gasteiger partial charge in [0, 0.05) is 45.7 Å². The van der Waals surface area contributed by atoms with E-state index in [1.807, 2.05) is 6.07 Å². The SMILES string of the molecule is C1=CCC(C2=CCCC3=C2C2=C(CCC=C2)C32C3=C(C=CC(c4ccc(N(c5ccc(-c6ccccc6)cc5)c5ccc6c(c5)oc5ccccc56)cc4)C3)c3ccccc32)C=C1. The average Bonchev–Trinajstić information content (AvgIpc) is 3.99. The maximum absolute atomic E-state index is 6.43. The molecule has 0 saturated heterocycles. The van der Waals surface area contributed by atoms with Crippen molar-refractivity contribution in [2.75, 3.05) is 4.90 Å². The van der Waals surface area contributed by atoms with Gasteiger partial charge in [0.1, 0.15) is 11.2 Å². The zero-order valence-corrected chi connectivity index (χ0v) is 35.3. The van der Waals surface area contributed by atoms with Crippen LogP contribution in [0.3, 0.4) is 0 Å². The summed E-state index contributed by atoms with van der Waals surface area (Å²) in [7, 11) is 0. The molecule has 0 bridgehead atoms. The smallest absolute Gasteiger partial charge is 0.137 e. The quantitative estimate of drug-likeness (QED) is 0.166. The summed E-state index contributed by atoms with van der Waals surface area (Å²) >= 11 is 0. The zero-order chi connectivity index (χ0) is 41.5. The Morgan fingerprint density at radius 3 is 2.14 bits per heavy atom. The van der Waals surface area contributed by atoms with Gasteiger partial charge in [-0.15, -0.1) is 0 Å². The lowest BCUT2D eigenvalue weighted by Gasteiger charge is -2.40. The van der Waals surface area contributed by atoms with Crippen molar-refractivity contribution >= 4 is 44.6 Å². The molecule has 0 saturated carbocycles. The minimum atomic E-state index is -0.171. The fraction of sp³-hybridized carbons (Fsp3) is 0.148. The molecule has 2 heteroatoms. The van der Waals surface area contributed by atoms with Gasteiger partial charge in [-0.3, -0.25) is 0 Å². The van der Waals surface area contributed by atoms with E-state index in [1.54, 1.807) is 27.9 Å². The van der Waals surface area contributed by atoms with Crippen LogP contribution >= 0.6 is 0 Å². The van der Waals surface area contributed by atoms with Gasteiger partial charge in [0.15, 0.2) is 0 Å². The average molecular weight is 810 g/mol. The van der Waals surface area contributed by atoms with E-state index in [0.717, 1.165) is 77.5 Å². The van der Waals surface area contributed by atoms with Crippen LogP contribution in [0.5, 0.6) is 0 Å². The number of fused-ring (bicyclic) bond motifs is 10. The van der Waals surface area contributed by atoms with E-state index in [2.05, 4.69) is 199 Å². The lowest BCUT2D eigenvalue weighted by molar-refractivity contribution is 0.598. The van der Waals surface area contributed by atoms with Crippen LogP contribution < -0.4 is 4.90 Å². The van der Waals surface area contributed by atoms with Crippen LogP contribution in [0.15, 0.2) is 238 Å². The van der Waals surface area contributed by atoms with Gasteiger partial charge in [0.25, 0.3) is 0 Å². The highest BCUT2D eigenvalue weighted by Gasteiger charge is 2.55. The minimum Gasteiger partial charge on any atom is -0.456 e. The first-order valence-corrected chi connectivity index (χ1v) is 22.9. The molecule has 6 aliphatic carbocycles. The van der Waals surface area contributed by atoms with Crippen LogP contribution in [-0.2, 0) is 5.41 Å². The lowest BCUT2D eigenvalue weighted by Crippen LogP contribution is -2.32. The maximum atomic E-state index is 6.43. The molecule has 302 valence electrons. The molecule has 6 aliphatic rings. The maximum Gasteiger partial charge on any atom is 0.137 e. The summed E-state index contributed by atoms with van der Waals surface area (Å²) in [5, 5.41) is 2.28. The molecule has 0 amide bonds. The molecule has 0 aliphatic heterocycles. The monoisotopic (exact) mass is 809 g/mol. The van der Waals surface area contributed by atoms with Crippen molar-refractivity contribution in [1.29, 1.82) is 0 Å². The first kappa shape index (κ1) is 36.5. The Morgan fingerprint density at radius 2 is 1.29 bits per heavy atom. The summed E-state index contributed by atoms with van der Waals surface area (Å²) in [6.45, 7) is 0. The topological polar surface area (TPSA) is 16.4 Å². The van der Waals surface area contributed by atoms with Crippen molar-refractivity contribution in [3.8, 4) is 11.1 Å². The van der Waals surface area contributed by atoms with Crippen molar-refractivity contribution < 1.29 is 4.42 Å². The van der Waals surface area contributed by atoms with E-state index in [4.69, 9.17) is 4.42 Å². The van der Waals surface area contributed by atoms with Gasteiger partial charge in [-0.05, 0) is 148 Å². The number of hydrogen-bond donors (Lipinski definition) is 0. The highest BCUT2D eigenvalue weighted by molar-refractivity contribution is 6.06. The zero-order valence-electron chi connectivity index (χ0n) is 35.3. The van der Waals surface area contributed by atoms with Crippen LogP contribution in [0.4, 0.5) is 17.1 Å². The van der Waals surface area contributed by atoms with Crippen LogP contribution in [0, 0.1) is 5.92 Å². The van der Waals surface area contributed by atoms with Crippen molar-refractivity contribution in [1.82, 2.24) is 0 Å². The summed E-state index contributed by atoms with van der Waals surface area (Å²) in [6, 6.07) is 53.4. The first-order valence-electron chi connectivity index (χ1n) is 22.9. The number of benzene rings is 6. The van der Waals surface area contributed by atoms with E-state index in [0.29, 0.717) is 5.92 Å². The lowest BCUT2D eigenvalue weighted by atomic mass is 9.62. The second kappa shape index (κ2) is 14.5. The van der Waals surface area contributed by atoms with Gasteiger partial charge in [-0.1, -0.05) is 152 Å². The normalized spacial score (nSPS) is 21.9. The Balaban J connectivity index is 0.889. The van der Waals surface area contributed by atoms with Gasteiger partial charge in [0.05, 0.1) is 5.41 Å². The fourth-order valence-corrected chi connectivity index (χ4v) is 12.1. The molecule has 6 aromatic carbocycles. The van der Waals surface area contributed by atoms with Crippen LogP contribution in [0.2, 0.25) is 0 Å². The molecule has 3 unspecified atom stereocenters. The van der Waals surface area contributed by atoms with Crippen LogP contribution in [0.25, 0.3) is 38.6 Å². The third kappa shape index (κ3) is 5.57. The van der Waals surface area contributed by atoms with Gasteiger partial charge < -0.3 is 9.32 Å². The van der Waals surface area contributed by atoms with E-state index < -0.39 is 0 Å². The van der Waals surface area contributed by atoms with Crippen LogP contribution in [0.1, 0.15) is 61.1 Å². The molecular weight excluding hydrogens is 763 g/mol. The number of nitrogens with zero attached hydrogens (tertiary/aromatic N) is 1. The summed E-state index contributed by atoms with van der Waals surface area (Å²) < 4.78 is 6.43. The highest BCUT2D eigenvalue weighted by atomic mass is 16.3. The van der Waals surface area contributed by atoms with Gasteiger partial charge in [-0.25, -0.2) is 0 Å². The highest BCUT2D eigenvalue weighted by Crippen LogP contribution is 2.67. The molecule has 13 rings (SSSR count). The van der Waals surface area contributed by atoms with E-state index in [9.17, 15) is 0 Å². The Bertz CT molecular complexity index is 3270. The Morgan fingerprint density at radius 1 is 0.540 bits per heavy atom. The molecular formula is C61H47NO. The molecule has 63 heavy (non-hydrogen) atoms. The predicted molar refractivity (Wildman–Crippen MR) is 262 cm³/mol. The molecule has 0 fully saturated rings. The number of para-hydroxylation sites is 1. The molecule has 3 atom stereocenters. The van der Waals surface area contributed by atoms with E-state index in [-0.39, 0.29) is 11.3 Å². The van der Waals surface area contributed by atoms with Crippen molar-refractivity contribution in [2.45, 2.75) is 49.9 Å². The second-order valence-corrected chi connectivity index (χ2v) is 18.0.